The first kappa shape index (κ1) is 13.5. The first-order valence-corrected chi connectivity index (χ1v) is 7.02. The summed E-state index contributed by atoms with van der Waals surface area (Å²) in [6, 6.07) is 3.87. The van der Waals surface area contributed by atoms with Crippen LogP contribution in [0.5, 0.6) is 17.2 Å². The number of benzene rings is 1. The van der Waals surface area contributed by atoms with E-state index in [0.29, 0.717) is 24.1 Å². The number of phenols is 1. The molecule has 20 heavy (non-hydrogen) atoms. The molecule has 1 unspecified atom stereocenters. The third-order valence-electron chi connectivity index (χ3n) is 3.85. The number of fused-ring (bicyclic) bond motifs is 1. The topological polar surface area (TPSA) is 60.0 Å². The Morgan fingerprint density at radius 3 is 2.80 bits per heavy atom. The van der Waals surface area contributed by atoms with Gasteiger partial charge in [0.25, 0.3) is 0 Å². The number of hydrogen-bond donors (Lipinski definition) is 2. The Morgan fingerprint density at radius 1 is 1.30 bits per heavy atom. The summed E-state index contributed by atoms with van der Waals surface area (Å²) < 4.78 is 16.3. The van der Waals surface area contributed by atoms with Crippen molar-refractivity contribution in [3.8, 4) is 17.2 Å². The second kappa shape index (κ2) is 5.14. The predicted molar refractivity (Wildman–Crippen MR) is 74.1 cm³/mol. The van der Waals surface area contributed by atoms with Crippen LogP contribution < -0.4 is 14.8 Å². The zero-order valence-electron chi connectivity index (χ0n) is 11.9. The maximum absolute atomic E-state index is 10.0. The van der Waals surface area contributed by atoms with E-state index in [-0.39, 0.29) is 18.1 Å². The van der Waals surface area contributed by atoms with E-state index in [2.05, 4.69) is 19.2 Å². The van der Waals surface area contributed by atoms with Gasteiger partial charge in [0, 0.05) is 30.8 Å². The molecular weight excluding hydrogens is 258 g/mol. The van der Waals surface area contributed by atoms with Gasteiger partial charge in [-0.3, -0.25) is 0 Å². The summed E-state index contributed by atoms with van der Waals surface area (Å²) in [4.78, 5) is 0. The minimum atomic E-state index is -0.0765. The molecule has 1 fully saturated rings. The van der Waals surface area contributed by atoms with E-state index >= 15 is 0 Å². The molecule has 0 saturated carbocycles. The van der Waals surface area contributed by atoms with Gasteiger partial charge in [0.15, 0.2) is 11.5 Å². The summed E-state index contributed by atoms with van der Waals surface area (Å²) in [5, 5.41) is 13.5. The van der Waals surface area contributed by atoms with Crippen molar-refractivity contribution in [2.24, 2.45) is 0 Å². The highest BCUT2D eigenvalue weighted by atomic mass is 16.7. The Labute approximate surface area is 118 Å². The van der Waals surface area contributed by atoms with Crippen LogP contribution in [-0.2, 0) is 11.3 Å². The first-order chi connectivity index (χ1) is 9.53. The van der Waals surface area contributed by atoms with Crippen molar-refractivity contribution in [3.63, 3.8) is 0 Å². The Balaban J connectivity index is 1.64. The van der Waals surface area contributed by atoms with Gasteiger partial charge in [-0.15, -0.1) is 0 Å². The normalized spacial score (nSPS) is 23.8. The zero-order valence-corrected chi connectivity index (χ0v) is 11.9. The van der Waals surface area contributed by atoms with Gasteiger partial charge in [0.2, 0.25) is 6.79 Å². The minimum absolute atomic E-state index is 0.0765. The number of rotatable bonds is 3. The lowest BCUT2D eigenvalue weighted by Gasteiger charge is -2.36. The molecule has 110 valence electrons. The van der Waals surface area contributed by atoms with E-state index in [9.17, 15) is 5.11 Å². The van der Waals surface area contributed by atoms with E-state index in [0.717, 1.165) is 25.0 Å². The molecule has 2 heterocycles. The summed E-state index contributed by atoms with van der Waals surface area (Å²) >= 11 is 0. The van der Waals surface area contributed by atoms with Crippen LogP contribution in [0.2, 0.25) is 0 Å². The van der Waals surface area contributed by atoms with Crippen molar-refractivity contribution >= 4 is 0 Å². The number of hydrogen-bond acceptors (Lipinski definition) is 5. The van der Waals surface area contributed by atoms with Gasteiger partial charge in [-0.05, 0) is 32.8 Å². The fraction of sp³-hybridized carbons (Fsp3) is 0.600. The lowest BCUT2D eigenvalue weighted by Crippen LogP contribution is -2.43. The third kappa shape index (κ3) is 2.83. The molecule has 3 rings (SSSR count). The van der Waals surface area contributed by atoms with E-state index in [1.54, 1.807) is 6.07 Å². The van der Waals surface area contributed by atoms with Crippen LogP contribution in [-0.4, -0.2) is 30.1 Å². The summed E-state index contributed by atoms with van der Waals surface area (Å²) in [5.41, 5.74) is 0.755. The lowest BCUT2D eigenvalue weighted by molar-refractivity contribution is -0.0630. The van der Waals surface area contributed by atoms with Gasteiger partial charge in [-0.25, -0.2) is 0 Å². The Kier molecular flexibility index (Phi) is 3.48. The molecule has 0 amide bonds. The molecule has 0 spiro atoms. The van der Waals surface area contributed by atoms with Crippen LogP contribution in [0.1, 0.15) is 32.3 Å². The smallest absolute Gasteiger partial charge is 0.231 e. The highest BCUT2D eigenvalue weighted by molar-refractivity contribution is 5.51. The van der Waals surface area contributed by atoms with Crippen molar-refractivity contribution in [2.45, 2.75) is 44.9 Å². The van der Waals surface area contributed by atoms with Crippen LogP contribution in [0.4, 0.5) is 0 Å². The van der Waals surface area contributed by atoms with Crippen molar-refractivity contribution in [2.75, 3.05) is 13.4 Å². The van der Waals surface area contributed by atoms with Gasteiger partial charge < -0.3 is 24.6 Å². The number of nitrogens with one attached hydrogen (secondary N) is 1. The minimum Gasteiger partial charge on any atom is -0.507 e. The molecule has 1 aromatic carbocycles. The highest BCUT2D eigenvalue weighted by Crippen LogP contribution is 2.37. The molecule has 2 aliphatic rings. The van der Waals surface area contributed by atoms with E-state index < -0.39 is 0 Å². The van der Waals surface area contributed by atoms with Gasteiger partial charge in [-0.1, -0.05) is 0 Å². The van der Waals surface area contributed by atoms with Gasteiger partial charge in [0.05, 0.1) is 5.60 Å². The Hall–Kier alpha value is -1.46. The van der Waals surface area contributed by atoms with Gasteiger partial charge in [0.1, 0.15) is 5.75 Å². The van der Waals surface area contributed by atoms with Crippen LogP contribution in [0.25, 0.3) is 0 Å². The average Bonchev–Trinajstić information content (AvgIpc) is 2.82. The second-order valence-corrected chi connectivity index (χ2v) is 6.01. The van der Waals surface area contributed by atoms with Crippen LogP contribution in [0.15, 0.2) is 12.1 Å². The van der Waals surface area contributed by atoms with Crippen LogP contribution >= 0.6 is 0 Å². The molecule has 2 N–H and O–H groups in total. The highest BCUT2D eigenvalue weighted by Gasteiger charge is 2.28. The summed E-state index contributed by atoms with van der Waals surface area (Å²) in [7, 11) is 0. The largest absolute Gasteiger partial charge is 0.507 e. The monoisotopic (exact) mass is 279 g/mol. The molecule has 1 atom stereocenters. The van der Waals surface area contributed by atoms with Crippen LogP contribution in [0, 0.1) is 0 Å². The SMILES string of the molecule is CC1(C)CC(NCc2cc3c(cc2O)OCO3)CCO1. The third-order valence-corrected chi connectivity index (χ3v) is 3.85. The maximum Gasteiger partial charge on any atom is 0.231 e. The summed E-state index contributed by atoms with van der Waals surface area (Å²) in [6.45, 7) is 5.83. The number of ether oxygens (including phenoxy) is 3. The summed E-state index contributed by atoms with van der Waals surface area (Å²) in [6.07, 6.45) is 1.97. The van der Waals surface area contributed by atoms with Crippen molar-refractivity contribution in [3.05, 3.63) is 17.7 Å². The van der Waals surface area contributed by atoms with Crippen molar-refractivity contribution < 1.29 is 19.3 Å². The molecule has 5 heteroatoms. The maximum atomic E-state index is 10.0. The molecule has 0 radical (unpaired) electrons. The van der Waals surface area contributed by atoms with Gasteiger partial charge in [-0.2, -0.15) is 0 Å². The second-order valence-electron chi connectivity index (χ2n) is 6.01. The van der Waals surface area contributed by atoms with Gasteiger partial charge >= 0.3 is 0 Å². The first-order valence-electron chi connectivity index (χ1n) is 7.02. The molecule has 1 aromatic rings. The fourth-order valence-corrected chi connectivity index (χ4v) is 2.78. The quantitative estimate of drug-likeness (QED) is 0.888. The van der Waals surface area contributed by atoms with E-state index in [1.807, 2.05) is 6.07 Å². The predicted octanol–water partition coefficient (Wildman–Crippen LogP) is 2.17. The zero-order chi connectivity index (χ0) is 14.2. The van der Waals surface area contributed by atoms with E-state index in [4.69, 9.17) is 14.2 Å². The molecule has 1 saturated heterocycles. The summed E-state index contributed by atoms with van der Waals surface area (Å²) in [5.74, 6) is 1.55. The van der Waals surface area contributed by atoms with Crippen molar-refractivity contribution in [1.29, 1.82) is 0 Å². The molecular formula is C15H21NO4. The molecule has 2 aliphatic heterocycles. The average molecular weight is 279 g/mol. The molecule has 0 aliphatic carbocycles. The Bertz CT molecular complexity index is 501. The standard InChI is InChI=1S/C15H21NO4/c1-15(2)7-11(3-4-20-15)16-8-10-5-13-14(6-12(10)17)19-9-18-13/h5-6,11,16-17H,3-4,7-9H2,1-2H3. The fourth-order valence-electron chi connectivity index (χ4n) is 2.78. The number of aromatic hydroxyl groups is 1. The van der Waals surface area contributed by atoms with Crippen molar-refractivity contribution in [1.82, 2.24) is 5.32 Å². The Morgan fingerprint density at radius 2 is 2.05 bits per heavy atom. The molecule has 0 aromatic heterocycles. The lowest BCUT2D eigenvalue weighted by atomic mass is 9.94. The molecule has 0 bridgehead atoms. The van der Waals surface area contributed by atoms with Crippen LogP contribution in [0.3, 0.4) is 0 Å². The molecule has 5 nitrogen and oxygen atoms in total. The van der Waals surface area contributed by atoms with E-state index in [1.165, 1.54) is 0 Å². The number of phenolic OH excluding ortho intramolecular Hbond substituents is 1.